The lowest BCUT2D eigenvalue weighted by atomic mass is 10.1. The molecule has 3 rings (SSSR count). The topological polar surface area (TPSA) is 49.6 Å². The molecule has 2 aromatic rings. The normalized spacial score (nSPS) is 15.6. The summed E-state index contributed by atoms with van der Waals surface area (Å²) in [5.41, 5.74) is 8.06. The minimum atomic E-state index is -0.589. The number of halogens is 2. The molecule has 1 heterocycles. The van der Waals surface area contributed by atoms with Crippen LogP contribution in [0.15, 0.2) is 54.6 Å². The highest BCUT2D eigenvalue weighted by atomic mass is 35.5. The van der Waals surface area contributed by atoms with E-state index in [0.29, 0.717) is 13.1 Å². The van der Waals surface area contributed by atoms with Crippen LogP contribution in [0.5, 0.6) is 0 Å². The highest BCUT2D eigenvalue weighted by Gasteiger charge is 2.26. The molecule has 1 saturated heterocycles. The van der Waals surface area contributed by atoms with Gasteiger partial charge in [-0.1, -0.05) is 48.0 Å². The minimum Gasteiger partial charge on any atom is -0.368 e. The molecule has 1 aliphatic heterocycles. The second-order valence-electron chi connectivity index (χ2n) is 5.68. The van der Waals surface area contributed by atoms with Crippen LogP contribution in [0, 0.1) is 0 Å². The molecular weight excluding hydrogens is 345 g/mol. The van der Waals surface area contributed by atoms with Crippen molar-refractivity contribution >= 4 is 35.6 Å². The molecule has 1 amide bonds. The summed E-state index contributed by atoms with van der Waals surface area (Å²) in [7, 11) is 0. The smallest absolute Gasteiger partial charge is 0.244 e. The van der Waals surface area contributed by atoms with E-state index in [-0.39, 0.29) is 18.3 Å². The summed E-state index contributed by atoms with van der Waals surface area (Å²) in [6.45, 7) is 2.92. The number of nitrogens with two attached hydrogens (primary N) is 1. The van der Waals surface area contributed by atoms with Gasteiger partial charge in [-0.2, -0.15) is 0 Å². The molecule has 1 aliphatic rings. The quantitative estimate of drug-likeness (QED) is 0.908. The standard InChI is InChI=1S/C18H20ClN3O.ClH/c19-15-7-4-8-16(13-15)21-9-11-22(12-10-21)18(23)17(20)14-5-2-1-3-6-14;/h1-8,13,17H,9-12,20H2;1H. The van der Waals surface area contributed by atoms with E-state index < -0.39 is 6.04 Å². The van der Waals surface area contributed by atoms with E-state index in [1.54, 1.807) is 0 Å². The van der Waals surface area contributed by atoms with Crippen LogP contribution in [0.2, 0.25) is 5.02 Å². The summed E-state index contributed by atoms with van der Waals surface area (Å²) in [6, 6.07) is 16.7. The van der Waals surface area contributed by atoms with Gasteiger partial charge in [0.15, 0.2) is 0 Å². The van der Waals surface area contributed by atoms with Crippen molar-refractivity contribution in [3.63, 3.8) is 0 Å². The largest absolute Gasteiger partial charge is 0.368 e. The Labute approximate surface area is 153 Å². The van der Waals surface area contributed by atoms with Gasteiger partial charge in [-0.25, -0.2) is 0 Å². The molecule has 0 bridgehead atoms. The molecule has 24 heavy (non-hydrogen) atoms. The molecule has 1 atom stereocenters. The number of rotatable bonds is 3. The van der Waals surface area contributed by atoms with Crippen molar-refractivity contribution in [3.05, 3.63) is 65.2 Å². The van der Waals surface area contributed by atoms with E-state index in [2.05, 4.69) is 4.90 Å². The van der Waals surface area contributed by atoms with Crippen molar-refractivity contribution in [2.24, 2.45) is 5.73 Å². The lowest BCUT2D eigenvalue weighted by Gasteiger charge is -2.37. The SMILES string of the molecule is Cl.NC(C(=O)N1CCN(c2cccc(Cl)c2)CC1)c1ccccc1. The molecule has 1 fully saturated rings. The summed E-state index contributed by atoms with van der Waals surface area (Å²) in [4.78, 5) is 16.6. The molecule has 2 aromatic carbocycles. The Kier molecular flexibility index (Phi) is 6.49. The third-order valence-electron chi connectivity index (χ3n) is 4.19. The van der Waals surface area contributed by atoms with E-state index in [4.69, 9.17) is 17.3 Å². The maximum Gasteiger partial charge on any atom is 0.244 e. The minimum absolute atomic E-state index is 0. The first kappa shape index (κ1) is 18.6. The Bertz CT molecular complexity index is 673. The maximum atomic E-state index is 12.6. The number of carbonyl (C=O) groups is 1. The van der Waals surface area contributed by atoms with Gasteiger partial charge < -0.3 is 15.5 Å². The lowest BCUT2D eigenvalue weighted by molar-refractivity contribution is -0.133. The Morgan fingerprint density at radius 1 is 1.00 bits per heavy atom. The molecule has 0 aromatic heterocycles. The molecular formula is C18H21Cl2N3O. The van der Waals surface area contributed by atoms with Gasteiger partial charge in [0.1, 0.15) is 6.04 Å². The molecule has 0 radical (unpaired) electrons. The summed E-state index contributed by atoms with van der Waals surface area (Å²) in [5.74, 6) is -0.0121. The maximum absolute atomic E-state index is 12.6. The van der Waals surface area contributed by atoms with Gasteiger partial charge in [0.05, 0.1) is 0 Å². The number of nitrogens with zero attached hydrogens (tertiary/aromatic N) is 2. The van der Waals surface area contributed by atoms with Crippen LogP contribution in [0.4, 0.5) is 5.69 Å². The average Bonchev–Trinajstić information content (AvgIpc) is 2.61. The molecule has 0 saturated carbocycles. The van der Waals surface area contributed by atoms with Gasteiger partial charge in [0, 0.05) is 36.9 Å². The fourth-order valence-electron chi connectivity index (χ4n) is 2.86. The third kappa shape index (κ3) is 4.20. The van der Waals surface area contributed by atoms with E-state index in [0.717, 1.165) is 29.4 Å². The van der Waals surface area contributed by atoms with Crippen LogP contribution in [0.1, 0.15) is 11.6 Å². The average molecular weight is 366 g/mol. The fourth-order valence-corrected chi connectivity index (χ4v) is 3.04. The predicted molar refractivity (Wildman–Crippen MR) is 101 cm³/mol. The highest BCUT2D eigenvalue weighted by Crippen LogP contribution is 2.21. The van der Waals surface area contributed by atoms with Crippen molar-refractivity contribution in [1.29, 1.82) is 0 Å². The first-order chi connectivity index (χ1) is 11.1. The lowest BCUT2D eigenvalue weighted by Crippen LogP contribution is -2.51. The summed E-state index contributed by atoms with van der Waals surface area (Å²) < 4.78 is 0. The van der Waals surface area contributed by atoms with E-state index in [1.807, 2.05) is 59.5 Å². The number of amides is 1. The molecule has 0 aliphatic carbocycles. The van der Waals surface area contributed by atoms with Crippen molar-refractivity contribution in [1.82, 2.24) is 4.90 Å². The van der Waals surface area contributed by atoms with Crippen LogP contribution in [-0.2, 0) is 4.79 Å². The van der Waals surface area contributed by atoms with Crippen molar-refractivity contribution in [2.75, 3.05) is 31.1 Å². The van der Waals surface area contributed by atoms with Gasteiger partial charge in [-0.15, -0.1) is 12.4 Å². The Balaban J connectivity index is 0.00000208. The number of carbonyl (C=O) groups excluding carboxylic acids is 1. The third-order valence-corrected chi connectivity index (χ3v) is 4.42. The number of hydrogen-bond acceptors (Lipinski definition) is 3. The molecule has 4 nitrogen and oxygen atoms in total. The second kappa shape index (κ2) is 8.38. The Morgan fingerprint density at radius 3 is 2.29 bits per heavy atom. The van der Waals surface area contributed by atoms with Crippen LogP contribution in [0.3, 0.4) is 0 Å². The zero-order valence-electron chi connectivity index (χ0n) is 13.3. The molecule has 1 unspecified atom stereocenters. The van der Waals surface area contributed by atoms with Crippen LogP contribution in [0.25, 0.3) is 0 Å². The van der Waals surface area contributed by atoms with Crippen molar-refractivity contribution in [2.45, 2.75) is 6.04 Å². The van der Waals surface area contributed by atoms with Gasteiger partial charge in [0.2, 0.25) is 5.91 Å². The molecule has 0 spiro atoms. The Morgan fingerprint density at radius 2 is 1.67 bits per heavy atom. The summed E-state index contributed by atoms with van der Waals surface area (Å²) >= 11 is 6.04. The number of piperazine rings is 1. The zero-order chi connectivity index (χ0) is 16.2. The Hall–Kier alpha value is -1.75. The summed E-state index contributed by atoms with van der Waals surface area (Å²) in [5, 5.41) is 0.729. The molecule has 6 heteroatoms. The fraction of sp³-hybridized carbons (Fsp3) is 0.278. The number of benzene rings is 2. The number of hydrogen-bond donors (Lipinski definition) is 1. The monoisotopic (exact) mass is 365 g/mol. The summed E-state index contributed by atoms with van der Waals surface area (Å²) in [6.07, 6.45) is 0. The molecule has 2 N–H and O–H groups in total. The van der Waals surface area contributed by atoms with Crippen molar-refractivity contribution in [3.8, 4) is 0 Å². The van der Waals surface area contributed by atoms with E-state index in [1.165, 1.54) is 0 Å². The van der Waals surface area contributed by atoms with Crippen molar-refractivity contribution < 1.29 is 4.79 Å². The van der Waals surface area contributed by atoms with Gasteiger partial charge in [0.25, 0.3) is 0 Å². The van der Waals surface area contributed by atoms with Crippen LogP contribution in [-0.4, -0.2) is 37.0 Å². The van der Waals surface area contributed by atoms with Gasteiger partial charge >= 0.3 is 0 Å². The molecule has 128 valence electrons. The van der Waals surface area contributed by atoms with Crippen LogP contribution < -0.4 is 10.6 Å². The first-order valence-electron chi connectivity index (χ1n) is 7.75. The highest BCUT2D eigenvalue weighted by molar-refractivity contribution is 6.30. The zero-order valence-corrected chi connectivity index (χ0v) is 14.8. The number of anilines is 1. The van der Waals surface area contributed by atoms with Gasteiger partial charge in [-0.3, -0.25) is 4.79 Å². The van der Waals surface area contributed by atoms with Gasteiger partial charge in [-0.05, 0) is 23.8 Å². The van der Waals surface area contributed by atoms with Crippen LogP contribution >= 0.6 is 24.0 Å². The first-order valence-corrected chi connectivity index (χ1v) is 8.13. The second-order valence-corrected chi connectivity index (χ2v) is 6.12. The van der Waals surface area contributed by atoms with E-state index >= 15 is 0 Å². The predicted octanol–water partition coefficient (Wildman–Crippen LogP) is 3.11. The van der Waals surface area contributed by atoms with E-state index in [9.17, 15) is 4.79 Å².